The highest BCUT2D eigenvalue weighted by Gasteiger charge is 2.22. The predicted molar refractivity (Wildman–Crippen MR) is 80.6 cm³/mol. The average molecular weight is 307 g/mol. The number of nitrogens with one attached hydrogen (secondary N) is 1. The van der Waals surface area contributed by atoms with Crippen molar-refractivity contribution in [2.45, 2.75) is 32.2 Å². The zero-order valence-electron chi connectivity index (χ0n) is 13.0. The Balaban J connectivity index is 2.85. The van der Waals surface area contributed by atoms with Crippen molar-refractivity contribution < 1.29 is 23.9 Å². The van der Waals surface area contributed by atoms with Crippen LogP contribution in [-0.2, 0) is 14.3 Å². The minimum atomic E-state index is -0.695. The summed E-state index contributed by atoms with van der Waals surface area (Å²) in [5, 5.41) is 2.64. The van der Waals surface area contributed by atoms with E-state index >= 15 is 0 Å². The highest BCUT2D eigenvalue weighted by atomic mass is 16.5. The predicted octanol–water partition coefficient (Wildman–Crippen LogP) is 1.93. The lowest BCUT2D eigenvalue weighted by atomic mass is 10.1. The number of hydrogen-bond donors (Lipinski definition) is 1. The monoisotopic (exact) mass is 307 g/mol. The number of rotatable bonds is 7. The van der Waals surface area contributed by atoms with Gasteiger partial charge in [-0.15, -0.1) is 0 Å². The first-order valence-electron chi connectivity index (χ1n) is 7.10. The topological polar surface area (TPSA) is 81.7 Å². The molecule has 1 amide bonds. The number of carbonyl (C=O) groups excluding carboxylic acids is 3. The van der Waals surface area contributed by atoms with Gasteiger partial charge in [0.2, 0.25) is 0 Å². The standard InChI is InChI=1S/C16H21NO5/c1-4-5-9-13(16(20)22-3)17-14(18)11-7-6-8-12(10-11)15(19)21-2/h6-8,10,13H,4-5,9H2,1-3H3,(H,17,18)/t13-/m0/s1. The van der Waals surface area contributed by atoms with Gasteiger partial charge in [0.1, 0.15) is 6.04 Å². The largest absolute Gasteiger partial charge is 0.467 e. The molecule has 1 aromatic carbocycles. The Morgan fingerprint density at radius 3 is 2.41 bits per heavy atom. The van der Waals surface area contributed by atoms with Crippen molar-refractivity contribution in [2.75, 3.05) is 14.2 Å². The lowest BCUT2D eigenvalue weighted by Crippen LogP contribution is -2.41. The third kappa shape index (κ3) is 4.87. The third-order valence-electron chi connectivity index (χ3n) is 3.18. The summed E-state index contributed by atoms with van der Waals surface area (Å²) in [5.41, 5.74) is 0.562. The zero-order chi connectivity index (χ0) is 16.5. The van der Waals surface area contributed by atoms with Crippen molar-refractivity contribution in [1.29, 1.82) is 0 Å². The van der Waals surface area contributed by atoms with E-state index in [9.17, 15) is 14.4 Å². The minimum absolute atomic E-state index is 0.276. The van der Waals surface area contributed by atoms with Gasteiger partial charge in [-0.2, -0.15) is 0 Å². The van der Waals surface area contributed by atoms with Gasteiger partial charge in [0.05, 0.1) is 19.8 Å². The van der Waals surface area contributed by atoms with E-state index in [0.29, 0.717) is 6.42 Å². The molecule has 6 heteroatoms. The zero-order valence-corrected chi connectivity index (χ0v) is 13.0. The van der Waals surface area contributed by atoms with E-state index in [4.69, 9.17) is 4.74 Å². The molecule has 0 aromatic heterocycles. The first-order chi connectivity index (χ1) is 10.5. The highest BCUT2D eigenvalue weighted by molar-refractivity contribution is 5.99. The summed E-state index contributed by atoms with van der Waals surface area (Å²) in [6.45, 7) is 2.00. The van der Waals surface area contributed by atoms with E-state index in [1.54, 1.807) is 18.2 Å². The molecule has 0 aliphatic rings. The Bertz CT molecular complexity index is 541. The van der Waals surface area contributed by atoms with Gasteiger partial charge in [0.25, 0.3) is 5.91 Å². The summed E-state index contributed by atoms with van der Waals surface area (Å²) in [6, 6.07) is 5.43. The second kappa shape index (κ2) is 8.81. The number of ether oxygens (including phenoxy) is 2. The number of benzene rings is 1. The van der Waals surface area contributed by atoms with Gasteiger partial charge in [0.15, 0.2) is 0 Å². The number of amides is 1. The third-order valence-corrected chi connectivity index (χ3v) is 3.18. The summed E-state index contributed by atoms with van der Waals surface area (Å²) in [4.78, 5) is 35.4. The van der Waals surface area contributed by atoms with Crippen LogP contribution in [-0.4, -0.2) is 38.1 Å². The van der Waals surface area contributed by atoms with Gasteiger partial charge >= 0.3 is 11.9 Å². The van der Waals surface area contributed by atoms with Crippen LogP contribution in [0.4, 0.5) is 0 Å². The molecule has 0 heterocycles. The van der Waals surface area contributed by atoms with E-state index in [2.05, 4.69) is 10.1 Å². The molecule has 22 heavy (non-hydrogen) atoms. The van der Waals surface area contributed by atoms with Gasteiger partial charge in [0, 0.05) is 5.56 Å². The summed E-state index contributed by atoms with van der Waals surface area (Å²) in [5.74, 6) is -1.44. The molecular weight excluding hydrogens is 286 g/mol. The van der Waals surface area contributed by atoms with Crippen LogP contribution in [0.25, 0.3) is 0 Å². The van der Waals surface area contributed by atoms with Gasteiger partial charge in [-0.3, -0.25) is 4.79 Å². The summed E-state index contributed by atoms with van der Waals surface area (Å²) >= 11 is 0. The van der Waals surface area contributed by atoms with E-state index in [1.165, 1.54) is 20.3 Å². The lowest BCUT2D eigenvalue weighted by molar-refractivity contribution is -0.143. The van der Waals surface area contributed by atoms with Crippen molar-refractivity contribution in [3.8, 4) is 0 Å². The number of unbranched alkanes of at least 4 members (excludes halogenated alkanes) is 1. The molecule has 0 spiro atoms. The molecule has 0 aliphatic heterocycles. The van der Waals surface area contributed by atoms with Crippen molar-refractivity contribution >= 4 is 17.8 Å². The van der Waals surface area contributed by atoms with E-state index in [1.807, 2.05) is 6.92 Å². The van der Waals surface area contributed by atoms with E-state index in [-0.39, 0.29) is 11.1 Å². The maximum Gasteiger partial charge on any atom is 0.337 e. The maximum atomic E-state index is 12.2. The molecule has 1 atom stereocenters. The van der Waals surface area contributed by atoms with E-state index < -0.39 is 23.9 Å². The van der Waals surface area contributed by atoms with Crippen molar-refractivity contribution in [3.63, 3.8) is 0 Å². The van der Waals surface area contributed by atoms with Crippen molar-refractivity contribution in [1.82, 2.24) is 5.32 Å². The van der Waals surface area contributed by atoms with Crippen LogP contribution >= 0.6 is 0 Å². The van der Waals surface area contributed by atoms with Crippen LogP contribution in [0.1, 0.15) is 46.9 Å². The fourth-order valence-electron chi connectivity index (χ4n) is 1.95. The second-order valence-electron chi connectivity index (χ2n) is 4.76. The molecular formula is C16H21NO5. The van der Waals surface area contributed by atoms with Crippen LogP contribution in [0.5, 0.6) is 0 Å². The average Bonchev–Trinajstić information content (AvgIpc) is 2.56. The van der Waals surface area contributed by atoms with Crippen LogP contribution in [0.2, 0.25) is 0 Å². The molecule has 120 valence electrons. The summed E-state index contributed by atoms with van der Waals surface area (Å²) in [6.07, 6.45) is 2.20. The Morgan fingerprint density at radius 1 is 1.14 bits per heavy atom. The summed E-state index contributed by atoms with van der Waals surface area (Å²) in [7, 11) is 2.55. The second-order valence-corrected chi connectivity index (χ2v) is 4.76. The minimum Gasteiger partial charge on any atom is -0.467 e. The van der Waals surface area contributed by atoms with Gasteiger partial charge in [-0.1, -0.05) is 25.8 Å². The number of esters is 2. The van der Waals surface area contributed by atoms with Crippen LogP contribution in [0.15, 0.2) is 24.3 Å². The first kappa shape index (κ1) is 17.7. The van der Waals surface area contributed by atoms with Gasteiger partial charge < -0.3 is 14.8 Å². The summed E-state index contributed by atoms with van der Waals surface area (Å²) < 4.78 is 9.31. The Labute approximate surface area is 129 Å². The highest BCUT2D eigenvalue weighted by Crippen LogP contribution is 2.09. The number of hydrogen-bond acceptors (Lipinski definition) is 5. The molecule has 6 nitrogen and oxygen atoms in total. The first-order valence-corrected chi connectivity index (χ1v) is 7.10. The molecule has 1 rings (SSSR count). The Morgan fingerprint density at radius 2 is 1.82 bits per heavy atom. The van der Waals surface area contributed by atoms with Crippen LogP contribution in [0.3, 0.4) is 0 Å². The fraction of sp³-hybridized carbons (Fsp3) is 0.438. The van der Waals surface area contributed by atoms with Gasteiger partial charge in [-0.25, -0.2) is 9.59 Å². The molecule has 0 saturated heterocycles. The molecule has 0 radical (unpaired) electrons. The van der Waals surface area contributed by atoms with Gasteiger partial charge in [-0.05, 0) is 24.6 Å². The fourth-order valence-corrected chi connectivity index (χ4v) is 1.95. The molecule has 0 bridgehead atoms. The molecule has 0 unspecified atom stereocenters. The smallest absolute Gasteiger partial charge is 0.337 e. The van der Waals surface area contributed by atoms with Crippen molar-refractivity contribution in [2.24, 2.45) is 0 Å². The van der Waals surface area contributed by atoms with Crippen LogP contribution in [0, 0.1) is 0 Å². The van der Waals surface area contributed by atoms with Crippen molar-refractivity contribution in [3.05, 3.63) is 35.4 Å². The van der Waals surface area contributed by atoms with E-state index in [0.717, 1.165) is 12.8 Å². The molecule has 1 N–H and O–H groups in total. The number of methoxy groups -OCH3 is 2. The lowest BCUT2D eigenvalue weighted by Gasteiger charge is -2.16. The quantitative estimate of drug-likeness (QED) is 0.778. The molecule has 1 aromatic rings. The SMILES string of the molecule is CCCC[C@H](NC(=O)c1cccc(C(=O)OC)c1)C(=O)OC. The Hall–Kier alpha value is -2.37. The Kier molecular flexibility index (Phi) is 7.08. The molecule has 0 saturated carbocycles. The van der Waals surface area contributed by atoms with Crippen LogP contribution < -0.4 is 5.32 Å². The number of carbonyl (C=O) groups is 3. The molecule has 0 fully saturated rings. The molecule has 0 aliphatic carbocycles. The maximum absolute atomic E-state index is 12.2. The normalized spacial score (nSPS) is 11.4.